The van der Waals surface area contributed by atoms with Gasteiger partial charge in [0.1, 0.15) is 0 Å². The summed E-state index contributed by atoms with van der Waals surface area (Å²) >= 11 is 0. The molecule has 0 amide bonds. The van der Waals surface area contributed by atoms with Gasteiger partial charge < -0.3 is 0 Å². The summed E-state index contributed by atoms with van der Waals surface area (Å²) in [5.74, 6) is 8.46. The van der Waals surface area contributed by atoms with E-state index in [1.54, 1.807) is 57.8 Å². The number of hydrogen-bond acceptors (Lipinski definition) is 0. The predicted octanol–water partition coefficient (Wildman–Crippen LogP) is 7.64. The van der Waals surface area contributed by atoms with Gasteiger partial charge in [0.2, 0.25) is 0 Å². The second-order valence-corrected chi connectivity index (χ2v) is 10.5. The first kappa shape index (κ1) is 18.1. The molecule has 25 heavy (non-hydrogen) atoms. The van der Waals surface area contributed by atoms with Crippen molar-refractivity contribution in [1.82, 2.24) is 0 Å². The monoisotopic (exact) mass is 342 g/mol. The van der Waals surface area contributed by atoms with E-state index in [-0.39, 0.29) is 0 Å². The van der Waals surface area contributed by atoms with Gasteiger partial charge in [-0.25, -0.2) is 0 Å². The Kier molecular flexibility index (Phi) is 5.93. The second-order valence-electron chi connectivity index (χ2n) is 10.5. The molecule has 0 aromatic heterocycles. The lowest BCUT2D eigenvalue weighted by atomic mass is 9.58. The zero-order valence-corrected chi connectivity index (χ0v) is 16.8. The van der Waals surface area contributed by atoms with E-state index in [1.165, 1.54) is 32.1 Å². The van der Waals surface area contributed by atoms with Gasteiger partial charge in [0.25, 0.3) is 0 Å². The molecule has 0 saturated heterocycles. The number of allylic oxidation sites excluding steroid dienone is 1. The van der Waals surface area contributed by atoms with E-state index in [2.05, 4.69) is 19.6 Å². The molecule has 4 fully saturated rings. The molecule has 0 aromatic carbocycles. The molecule has 0 heteroatoms. The molecule has 4 saturated carbocycles. The van der Waals surface area contributed by atoms with Crippen molar-refractivity contribution in [3.8, 4) is 0 Å². The highest BCUT2D eigenvalue weighted by Gasteiger charge is 2.41. The van der Waals surface area contributed by atoms with E-state index >= 15 is 0 Å². The maximum Gasteiger partial charge on any atom is -0.0233 e. The summed E-state index contributed by atoms with van der Waals surface area (Å²) in [4.78, 5) is 0. The van der Waals surface area contributed by atoms with Crippen molar-refractivity contribution in [1.29, 1.82) is 0 Å². The van der Waals surface area contributed by atoms with Gasteiger partial charge in [0.15, 0.2) is 0 Å². The van der Waals surface area contributed by atoms with Crippen LogP contribution in [0, 0.1) is 47.3 Å². The van der Waals surface area contributed by atoms with Gasteiger partial charge in [0, 0.05) is 0 Å². The van der Waals surface area contributed by atoms with E-state index < -0.39 is 0 Å². The van der Waals surface area contributed by atoms with Crippen molar-refractivity contribution in [2.45, 2.75) is 96.8 Å². The molecule has 0 aromatic rings. The first-order chi connectivity index (χ1) is 12.3. The minimum absolute atomic E-state index is 0.839. The van der Waals surface area contributed by atoms with Gasteiger partial charge in [-0.3, -0.25) is 0 Å². The molecule has 0 N–H and O–H groups in total. The Labute approximate surface area is 157 Å². The zero-order valence-electron chi connectivity index (χ0n) is 16.8. The normalized spacial score (nSPS) is 47.6. The van der Waals surface area contributed by atoms with Crippen molar-refractivity contribution in [2.75, 3.05) is 0 Å². The van der Waals surface area contributed by atoms with Crippen LogP contribution < -0.4 is 0 Å². The van der Waals surface area contributed by atoms with Crippen LogP contribution in [0.15, 0.2) is 12.7 Å². The van der Waals surface area contributed by atoms with Crippen LogP contribution in [0.1, 0.15) is 96.8 Å². The molecule has 0 radical (unpaired) electrons. The van der Waals surface area contributed by atoms with Gasteiger partial charge in [-0.05, 0) is 118 Å². The van der Waals surface area contributed by atoms with Crippen LogP contribution in [-0.4, -0.2) is 0 Å². The lowest BCUT2D eigenvalue weighted by Gasteiger charge is -2.48. The Bertz CT molecular complexity index is 437. The fraction of sp³-hybridized carbons (Fsp3) is 0.920. The summed E-state index contributed by atoms with van der Waals surface area (Å²) in [6.45, 7) is 6.44. The first-order valence-electron chi connectivity index (χ1n) is 11.9. The second kappa shape index (κ2) is 8.18. The van der Waals surface area contributed by atoms with Crippen molar-refractivity contribution in [2.24, 2.45) is 47.3 Å². The Morgan fingerprint density at radius 1 is 0.640 bits per heavy atom. The molecule has 0 nitrogen and oxygen atoms in total. The summed E-state index contributed by atoms with van der Waals surface area (Å²) in [6, 6.07) is 0. The maximum absolute atomic E-state index is 4.07. The molecule has 0 bridgehead atoms. The molecule has 4 aliphatic carbocycles. The first-order valence-corrected chi connectivity index (χ1v) is 11.9. The highest BCUT2D eigenvalue weighted by Crippen LogP contribution is 2.52. The maximum atomic E-state index is 4.07. The third-order valence-corrected chi connectivity index (χ3v) is 9.15. The molecular formula is C25H42. The van der Waals surface area contributed by atoms with Crippen molar-refractivity contribution in [3.05, 3.63) is 12.7 Å². The largest absolute Gasteiger partial charge is 0.103 e. The van der Waals surface area contributed by atoms with E-state index in [0.717, 1.165) is 47.3 Å². The number of hydrogen-bond donors (Lipinski definition) is 0. The fourth-order valence-corrected chi connectivity index (χ4v) is 7.73. The predicted molar refractivity (Wildman–Crippen MR) is 108 cm³/mol. The quantitative estimate of drug-likeness (QED) is 0.460. The fourth-order valence-electron chi connectivity index (χ4n) is 7.73. The SMILES string of the molecule is C=C[C@@H]1CC[C@@H]2CC(C3CC[C@H]4CC(CCC)CC[C@@H]4C3)CCC2C1. The highest BCUT2D eigenvalue weighted by molar-refractivity contribution is 4.94. The van der Waals surface area contributed by atoms with Crippen LogP contribution in [0.2, 0.25) is 0 Å². The van der Waals surface area contributed by atoms with Crippen molar-refractivity contribution < 1.29 is 0 Å². The highest BCUT2D eigenvalue weighted by atomic mass is 14.5. The molecule has 0 heterocycles. The molecule has 0 aliphatic heterocycles. The zero-order chi connectivity index (χ0) is 17.2. The van der Waals surface area contributed by atoms with Crippen LogP contribution in [0.5, 0.6) is 0 Å². The molecule has 8 atom stereocenters. The van der Waals surface area contributed by atoms with Gasteiger partial charge in [-0.15, -0.1) is 6.58 Å². The Hall–Kier alpha value is -0.260. The molecule has 4 unspecified atom stereocenters. The Morgan fingerprint density at radius 2 is 1.12 bits per heavy atom. The van der Waals surface area contributed by atoms with Crippen molar-refractivity contribution >= 4 is 0 Å². The van der Waals surface area contributed by atoms with Crippen molar-refractivity contribution in [3.63, 3.8) is 0 Å². The van der Waals surface area contributed by atoms with E-state index in [1.807, 2.05) is 0 Å². The van der Waals surface area contributed by atoms with Crippen LogP contribution in [0.4, 0.5) is 0 Å². The summed E-state index contributed by atoms with van der Waals surface area (Å²) in [6.07, 6.45) is 23.8. The van der Waals surface area contributed by atoms with Crippen LogP contribution in [0.3, 0.4) is 0 Å². The third kappa shape index (κ3) is 4.03. The third-order valence-electron chi connectivity index (χ3n) is 9.15. The minimum Gasteiger partial charge on any atom is -0.103 e. The molecule has 142 valence electrons. The Balaban J connectivity index is 1.29. The van der Waals surface area contributed by atoms with Gasteiger partial charge in [-0.1, -0.05) is 32.3 Å². The van der Waals surface area contributed by atoms with Gasteiger partial charge in [-0.2, -0.15) is 0 Å². The average Bonchev–Trinajstić information content (AvgIpc) is 2.67. The minimum atomic E-state index is 0.839. The lowest BCUT2D eigenvalue weighted by Crippen LogP contribution is -2.37. The molecule has 0 spiro atoms. The smallest absolute Gasteiger partial charge is 0.0233 e. The summed E-state index contributed by atoms with van der Waals surface area (Å²) in [7, 11) is 0. The van der Waals surface area contributed by atoms with Crippen LogP contribution in [-0.2, 0) is 0 Å². The van der Waals surface area contributed by atoms with E-state index in [0.29, 0.717) is 0 Å². The summed E-state index contributed by atoms with van der Waals surface area (Å²) in [5.41, 5.74) is 0. The van der Waals surface area contributed by atoms with E-state index in [9.17, 15) is 0 Å². The standard InChI is InChI=1S/C25H42/c1-3-5-19-7-9-23-17-25(13-11-21(23)15-19)24-12-10-20-14-18(4-2)6-8-22(20)16-24/h4,18-25H,2-3,5-17H2,1H3/t18-,19?,20?,21+,22-,23-,24?,25?/m1/s1. The number of rotatable bonds is 4. The average molecular weight is 343 g/mol. The summed E-state index contributed by atoms with van der Waals surface area (Å²) < 4.78 is 0. The van der Waals surface area contributed by atoms with Gasteiger partial charge >= 0.3 is 0 Å². The number of fused-ring (bicyclic) bond motifs is 2. The van der Waals surface area contributed by atoms with E-state index in [4.69, 9.17) is 0 Å². The topological polar surface area (TPSA) is 0 Å². The Morgan fingerprint density at radius 3 is 1.68 bits per heavy atom. The lowest BCUT2D eigenvalue weighted by molar-refractivity contribution is 0.0317. The van der Waals surface area contributed by atoms with Crippen LogP contribution in [0.25, 0.3) is 0 Å². The van der Waals surface area contributed by atoms with Gasteiger partial charge in [0.05, 0.1) is 0 Å². The van der Waals surface area contributed by atoms with Crippen LogP contribution >= 0.6 is 0 Å². The molecule has 4 rings (SSSR count). The molecule has 4 aliphatic rings. The molecular weight excluding hydrogens is 300 g/mol. The summed E-state index contributed by atoms with van der Waals surface area (Å²) in [5, 5.41) is 0.